The van der Waals surface area contributed by atoms with Crippen LogP contribution in [0.3, 0.4) is 0 Å². The van der Waals surface area contributed by atoms with Gasteiger partial charge < -0.3 is 9.88 Å². The summed E-state index contributed by atoms with van der Waals surface area (Å²) in [7, 11) is 0. The lowest BCUT2D eigenvalue weighted by molar-refractivity contribution is -0.120. The van der Waals surface area contributed by atoms with Crippen LogP contribution >= 0.6 is 11.3 Å². The highest BCUT2D eigenvalue weighted by atomic mass is 32.1. The molecule has 4 aromatic rings. The average Bonchev–Trinajstić information content (AvgIpc) is 3.39. The summed E-state index contributed by atoms with van der Waals surface area (Å²) >= 11 is 1.53. The van der Waals surface area contributed by atoms with Gasteiger partial charge in [0.15, 0.2) is 10.8 Å². The first-order valence-electron chi connectivity index (χ1n) is 8.43. The van der Waals surface area contributed by atoms with Gasteiger partial charge in [0.25, 0.3) is 0 Å². The first-order chi connectivity index (χ1) is 12.8. The summed E-state index contributed by atoms with van der Waals surface area (Å²) in [5.41, 5.74) is 1.63. The Kier molecular flexibility index (Phi) is 4.74. The lowest BCUT2D eigenvalue weighted by Crippen LogP contribution is -2.26. The molecular weight excluding hydrogens is 348 g/mol. The number of carbonyl (C=O) groups excluding carboxylic acids is 1. The Morgan fingerprint density at radius 1 is 1.12 bits per heavy atom. The lowest BCUT2D eigenvalue weighted by atomic mass is 10.2. The van der Waals surface area contributed by atoms with Gasteiger partial charge in [-0.2, -0.15) is 0 Å². The third-order valence-corrected chi connectivity index (χ3v) is 4.89. The van der Waals surface area contributed by atoms with Crippen LogP contribution < -0.4 is 5.32 Å². The van der Waals surface area contributed by atoms with E-state index in [0.29, 0.717) is 13.0 Å². The van der Waals surface area contributed by atoms with E-state index in [1.54, 1.807) is 0 Å². The van der Waals surface area contributed by atoms with Gasteiger partial charge in [0.2, 0.25) is 5.91 Å². The minimum Gasteiger partial charge on any atom is -0.356 e. The highest BCUT2D eigenvalue weighted by molar-refractivity contribution is 7.12. The van der Waals surface area contributed by atoms with E-state index in [1.165, 1.54) is 11.3 Å². The van der Waals surface area contributed by atoms with Crippen molar-refractivity contribution in [3.05, 3.63) is 65.8 Å². The number of aromatic nitrogens is 5. The van der Waals surface area contributed by atoms with E-state index < -0.39 is 0 Å². The van der Waals surface area contributed by atoms with Gasteiger partial charge in [0.1, 0.15) is 5.82 Å². The topological polar surface area (TPSA) is 77.1 Å². The molecule has 8 heteroatoms. The Hall–Kier alpha value is -3.00. The molecule has 0 radical (unpaired) electrons. The van der Waals surface area contributed by atoms with E-state index in [-0.39, 0.29) is 5.91 Å². The summed E-state index contributed by atoms with van der Waals surface area (Å²) < 4.78 is 3.91. The van der Waals surface area contributed by atoms with Crippen LogP contribution in [-0.4, -0.2) is 36.6 Å². The molecular formula is C18H18N6OS. The molecule has 0 saturated heterocycles. The van der Waals surface area contributed by atoms with Crippen LogP contribution in [0.1, 0.15) is 17.9 Å². The van der Waals surface area contributed by atoms with Crippen molar-refractivity contribution in [3.8, 4) is 5.13 Å². The molecule has 7 nitrogen and oxygen atoms in total. The maximum absolute atomic E-state index is 12.1. The zero-order valence-electron chi connectivity index (χ0n) is 14.1. The number of nitrogens with one attached hydrogen (secondary N) is 1. The van der Waals surface area contributed by atoms with Crippen molar-refractivity contribution in [1.82, 2.24) is 29.5 Å². The molecule has 4 rings (SSSR count). The summed E-state index contributed by atoms with van der Waals surface area (Å²) in [6, 6.07) is 9.72. The van der Waals surface area contributed by atoms with E-state index in [2.05, 4.69) is 20.5 Å². The first kappa shape index (κ1) is 16.5. The Balaban J connectivity index is 1.24. The van der Waals surface area contributed by atoms with Gasteiger partial charge in [-0.1, -0.05) is 6.07 Å². The second-order valence-corrected chi connectivity index (χ2v) is 6.72. The van der Waals surface area contributed by atoms with Crippen molar-refractivity contribution in [2.24, 2.45) is 0 Å². The number of thiazole rings is 1. The molecule has 0 atom stereocenters. The summed E-state index contributed by atoms with van der Waals surface area (Å²) in [5.74, 6) is 0.895. The minimum atomic E-state index is -0.0135. The second kappa shape index (κ2) is 7.49. The number of carbonyl (C=O) groups is 1. The molecule has 0 fully saturated rings. The number of aryl methyl sites for hydroxylation is 1. The Morgan fingerprint density at radius 3 is 2.85 bits per heavy atom. The fourth-order valence-corrected chi connectivity index (χ4v) is 3.51. The fourth-order valence-electron chi connectivity index (χ4n) is 2.72. The average molecular weight is 366 g/mol. The van der Waals surface area contributed by atoms with E-state index in [1.807, 2.05) is 63.3 Å². The van der Waals surface area contributed by atoms with Crippen LogP contribution in [0.2, 0.25) is 0 Å². The van der Waals surface area contributed by atoms with Crippen LogP contribution in [0.25, 0.3) is 10.8 Å². The Bertz CT molecular complexity index is 1000. The monoisotopic (exact) mass is 366 g/mol. The molecule has 4 heterocycles. The van der Waals surface area contributed by atoms with Gasteiger partial charge in [-0.05, 0) is 30.7 Å². The standard InChI is InChI=1S/C18H18N6OS/c25-17(12-14-13-26-18(20-14)23-9-3-4-10-23)19-8-5-7-16-22-21-15-6-1-2-11-24(15)16/h1-4,6,9-11,13H,5,7-8,12H2,(H,19,25). The highest BCUT2D eigenvalue weighted by Crippen LogP contribution is 2.15. The number of pyridine rings is 1. The first-order valence-corrected chi connectivity index (χ1v) is 9.31. The van der Waals surface area contributed by atoms with Crippen molar-refractivity contribution in [3.63, 3.8) is 0 Å². The molecule has 4 aromatic heterocycles. The van der Waals surface area contributed by atoms with Gasteiger partial charge in [-0.3, -0.25) is 9.20 Å². The summed E-state index contributed by atoms with van der Waals surface area (Å²) in [6.07, 6.45) is 7.71. The maximum Gasteiger partial charge on any atom is 0.226 e. The number of hydrogen-bond acceptors (Lipinski definition) is 5. The molecule has 26 heavy (non-hydrogen) atoms. The summed E-state index contributed by atoms with van der Waals surface area (Å²) in [5, 5.41) is 14.1. The second-order valence-electron chi connectivity index (χ2n) is 5.89. The molecule has 0 unspecified atom stereocenters. The zero-order chi connectivity index (χ0) is 17.8. The third-order valence-electron chi connectivity index (χ3n) is 3.99. The Labute approximate surface area is 154 Å². The summed E-state index contributed by atoms with van der Waals surface area (Å²) in [4.78, 5) is 16.6. The number of hydrogen-bond donors (Lipinski definition) is 1. The zero-order valence-corrected chi connectivity index (χ0v) is 14.9. The molecule has 0 saturated carbocycles. The SMILES string of the molecule is O=C(Cc1csc(-n2cccc2)n1)NCCCc1nnc2ccccn12. The van der Waals surface area contributed by atoms with Gasteiger partial charge in [-0.15, -0.1) is 21.5 Å². The minimum absolute atomic E-state index is 0.0135. The van der Waals surface area contributed by atoms with Crippen LogP contribution in [0.4, 0.5) is 0 Å². The molecule has 1 N–H and O–H groups in total. The van der Waals surface area contributed by atoms with Crippen molar-refractivity contribution in [1.29, 1.82) is 0 Å². The predicted molar refractivity (Wildman–Crippen MR) is 99.5 cm³/mol. The van der Waals surface area contributed by atoms with Crippen LogP contribution in [0, 0.1) is 0 Å². The molecule has 132 valence electrons. The normalized spacial score (nSPS) is 11.1. The van der Waals surface area contributed by atoms with Crippen LogP contribution in [-0.2, 0) is 17.6 Å². The molecule has 0 spiro atoms. The highest BCUT2D eigenvalue weighted by Gasteiger charge is 2.09. The summed E-state index contributed by atoms with van der Waals surface area (Å²) in [6.45, 7) is 0.606. The van der Waals surface area contributed by atoms with Crippen LogP contribution in [0.15, 0.2) is 54.3 Å². The van der Waals surface area contributed by atoms with Crippen LogP contribution in [0.5, 0.6) is 0 Å². The van der Waals surface area contributed by atoms with E-state index >= 15 is 0 Å². The quantitative estimate of drug-likeness (QED) is 0.509. The third kappa shape index (κ3) is 3.65. The smallest absolute Gasteiger partial charge is 0.226 e. The number of rotatable bonds is 7. The van der Waals surface area contributed by atoms with E-state index in [0.717, 1.165) is 35.1 Å². The van der Waals surface area contributed by atoms with Crippen molar-refractivity contribution < 1.29 is 4.79 Å². The molecule has 0 bridgehead atoms. The molecule has 0 aromatic carbocycles. The van der Waals surface area contributed by atoms with E-state index in [9.17, 15) is 4.79 Å². The fraction of sp³-hybridized carbons (Fsp3) is 0.222. The number of nitrogens with zero attached hydrogens (tertiary/aromatic N) is 5. The predicted octanol–water partition coefficient (Wildman–Crippen LogP) is 2.27. The van der Waals surface area contributed by atoms with E-state index in [4.69, 9.17) is 0 Å². The van der Waals surface area contributed by atoms with Gasteiger partial charge in [0, 0.05) is 36.9 Å². The number of amides is 1. The largest absolute Gasteiger partial charge is 0.356 e. The maximum atomic E-state index is 12.1. The van der Waals surface area contributed by atoms with Gasteiger partial charge in [0.05, 0.1) is 12.1 Å². The number of fused-ring (bicyclic) bond motifs is 1. The van der Waals surface area contributed by atoms with Crippen molar-refractivity contribution >= 4 is 22.9 Å². The molecule has 0 aliphatic rings. The molecule has 0 aliphatic heterocycles. The van der Waals surface area contributed by atoms with Gasteiger partial charge >= 0.3 is 0 Å². The van der Waals surface area contributed by atoms with Crippen molar-refractivity contribution in [2.75, 3.05) is 6.54 Å². The molecule has 1 amide bonds. The Morgan fingerprint density at radius 2 is 1.96 bits per heavy atom. The van der Waals surface area contributed by atoms with Gasteiger partial charge in [-0.25, -0.2) is 4.98 Å². The van der Waals surface area contributed by atoms with Crippen molar-refractivity contribution in [2.45, 2.75) is 19.3 Å². The lowest BCUT2D eigenvalue weighted by Gasteiger charge is -2.04. The molecule has 0 aliphatic carbocycles.